The normalized spacial score (nSPS) is 11.1. The highest BCUT2D eigenvalue weighted by Gasteiger charge is 2.18. The van der Waals surface area contributed by atoms with Crippen molar-refractivity contribution in [3.63, 3.8) is 0 Å². The van der Waals surface area contributed by atoms with Crippen molar-refractivity contribution in [1.29, 1.82) is 0 Å². The number of anilines is 1. The van der Waals surface area contributed by atoms with Crippen molar-refractivity contribution in [2.45, 2.75) is 20.8 Å². The van der Waals surface area contributed by atoms with E-state index in [9.17, 15) is 9.18 Å². The second-order valence-electron chi connectivity index (χ2n) is 8.43. The SMILES string of the molecule is Cc1ccc(-n2ncc(-c3cc(C(=O)Nc4ccc(F)cc4)c4cc(C)ccc4n3)c2C)cc1. The van der Waals surface area contributed by atoms with Crippen molar-refractivity contribution < 1.29 is 9.18 Å². The number of pyridine rings is 1. The molecule has 0 fully saturated rings. The van der Waals surface area contributed by atoms with Gasteiger partial charge in [0.25, 0.3) is 5.91 Å². The number of amides is 1. The molecule has 0 aliphatic carbocycles. The fourth-order valence-electron chi connectivity index (χ4n) is 4.00. The van der Waals surface area contributed by atoms with E-state index >= 15 is 0 Å². The van der Waals surface area contributed by atoms with Crippen LogP contribution in [0.1, 0.15) is 27.2 Å². The highest BCUT2D eigenvalue weighted by molar-refractivity contribution is 6.13. The number of rotatable bonds is 4. The van der Waals surface area contributed by atoms with Gasteiger partial charge in [-0.25, -0.2) is 14.1 Å². The average Bonchev–Trinajstić information content (AvgIpc) is 3.21. The van der Waals surface area contributed by atoms with Gasteiger partial charge in [-0.2, -0.15) is 5.10 Å². The van der Waals surface area contributed by atoms with Crippen molar-refractivity contribution in [2.24, 2.45) is 0 Å². The molecule has 5 rings (SSSR count). The Morgan fingerprint density at radius 3 is 2.32 bits per heavy atom. The van der Waals surface area contributed by atoms with Gasteiger partial charge in [-0.15, -0.1) is 0 Å². The summed E-state index contributed by atoms with van der Waals surface area (Å²) in [7, 11) is 0. The van der Waals surface area contributed by atoms with Crippen LogP contribution in [-0.4, -0.2) is 20.7 Å². The molecule has 6 heteroatoms. The van der Waals surface area contributed by atoms with E-state index in [0.717, 1.165) is 33.4 Å². The number of carbonyl (C=O) groups is 1. The van der Waals surface area contributed by atoms with Gasteiger partial charge in [0.1, 0.15) is 5.82 Å². The molecule has 0 spiro atoms. The minimum absolute atomic E-state index is 0.283. The second kappa shape index (κ2) is 8.56. The average molecular weight is 451 g/mol. The van der Waals surface area contributed by atoms with Crippen molar-refractivity contribution in [3.05, 3.63) is 107 Å². The fourth-order valence-corrected chi connectivity index (χ4v) is 4.00. The third-order valence-corrected chi connectivity index (χ3v) is 5.88. The van der Waals surface area contributed by atoms with Gasteiger partial charge in [0.05, 0.1) is 34.4 Å². The van der Waals surface area contributed by atoms with Crippen LogP contribution in [0.3, 0.4) is 0 Å². The number of aromatic nitrogens is 3. The van der Waals surface area contributed by atoms with Crippen LogP contribution in [-0.2, 0) is 0 Å². The lowest BCUT2D eigenvalue weighted by Crippen LogP contribution is -2.13. The minimum atomic E-state index is -0.355. The molecule has 1 N–H and O–H groups in total. The molecule has 0 atom stereocenters. The van der Waals surface area contributed by atoms with Gasteiger partial charge in [0, 0.05) is 16.6 Å². The predicted octanol–water partition coefficient (Wildman–Crippen LogP) is 6.40. The number of hydrogen-bond acceptors (Lipinski definition) is 3. The fraction of sp³-hybridized carbons (Fsp3) is 0.107. The van der Waals surface area contributed by atoms with E-state index in [2.05, 4.69) is 10.4 Å². The first-order valence-corrected chi connectivity index (χ1v) is 11.0. The summed E-state index contributed by atoms with van der Waals surface area (Å²) in [6.45, 7) is 6.01. The van der Waals surface area contributed by atoms with Gasteiger partial charge in [-0.1, -0.05) is 29.3 Å². The molecule has 168 valence electrons. The largest absolute Gasteiger partial charge is 0.322 e. The van der Waals surface area contributed by atoms with Crippen LogP contribution in [0.5, 0.6) is 0 Å². The van der Waals surface area contributed by atoms with Gasteiger partial charge in [-0.3, -0.25) is 4.79 Å². The van der Waals surface area contributed by atoms with E-state index < -0.39 is 0 Å². The van der Waals surface area contributed by atoms with Crippen molar-refractivity contribution in [2.75, 3.05) is 5.32 Å². The first-order chi connectivity index (χ1) is 16.4. The standard InChI is InChI=1S/C28H23FN4O/c1-17-4-11-22(12-5-17)33-19(3)25(16-30-33)27-15-24(23-14-18(2)6-13-26(23)32-27)28(34)31-21-9-7-20(29)8-10-21/h4-16H,1-3H3,(H,31,34). The van der Waals surface area contributed by atoms with Crippen LogP contribution in [0, 0.1) is 26.6 Å². The minimum Gasteiger partial charge on any atom is -0.322 e. The molecule has 0 bridgehead atoms. The van der Waals surface area contributed by atoms with Crippen LogP contribution in [0.2, 0.25) is 0 Å². The molecule has 0 saturated heterocycles. The number of carbonyl (C=O) groups excluding carboxylic acids is 1. The van der Waals surface area contributed by atoms with Crippen LogP contribution in [0.25, 0.3) is 27.8 Å². The molecular formula is C28H23FN4O. The number of aryl methyl sites for hydroxylation is 2. The quantitative estimate of drug-likeness (QED) is 0.344. The second-order valence-corrected chi connectivity index (χ2v) is 8.43. The number of nitrogens with zero attached hydrogens (tertiary/aromatic N) is 3. The molecule has 0 aliphatic rings. The highest BCUT2D eigenvalue weighted by Crippen LogP contribution is 2.29. The predicted molar refractivity (Wildman–Crippen MR) is 133 cm³/mol. The lowest BCUT2D eigenvalue weighted by molar-refractivity contribution is 0.102. The Balaban J connectivity index is 1.60. The Bertz CT molecular complexity index is 1520. The molecule has 5 nitrogen and oxygen atoms in total. The summed E-state index contributed by atoms with van der Waals surface area (Å²) in [5.74, 6) is -0.638. The summed E-state index contributed by atoms with van der Waals surface area (Å²) in [5.41, 5.74) is 7.33. The number of halogens is 1. The zero-order chi connectivity index (χ0) is 23.8. The van der Waals surface area contributed by atoms with Gasteiger partial charge in [0.15, 0.2) is 0 Å². The van der Waals surface area contributed by atoms with Crippen LogP contribution < -0.4 is 5.32 Å². The van der Waals surface area contributed by atoms with Crippen LogP contribution >= 0.6 is 0 Å². The first-order valence-electron chi connectivity index (χ1n) is 11.0. The Kier molecular flexibility index (Phi) is 5.42. The zero-order valence-corrected chi connectivity index (χ0v) is 19.1. The third kappa shape index (κ3) is 4.06. The summed E-state index contributed by atoms with van der Waals surface area (Å²) in [6, 6.07) is 21.5. The molecule has 2 aromatic heterocycles. The lowest BCUT2D eigenvalue weighted by Gasteiger charge is -2.12. The molecule has 1 amide bonds. The molecule has 3 aromatic carbocycles. The molecule has 0 unspecified atom stereocenters. The smallest absolute Gasteiger partial charge is 0.256 e. The maximum atomic E-state index is 13.3. The van der Waals surface area contributed by atoms with Gasteiger partial charge < -0.3 is 5.32 Å². The van der Waals surface area contributed by atoms with Crippen LogP contribution in [0.4, 0.5) is 10.1 Å². The molecule has 0 radical (unpaired) electrons. The molecule has 5 aromatic rings. The highest BCUT2D eigenvalue weighted by atomic mass is 19.1. The van der Waals surface area contributed by atoms with Crippen molar-refractivity contribution in [3.8, 4) is 16.9 Å². The van der Waals surface area contributed by atoms with E-state index in [4.69, 9.17) is 4.98 Å². The Morgan fingerprint density at radius 1 is 0.882 bits per heavy atom. The summed E-state index contributed by atoms with van der Waals surface area (Å²) >= 11 is 0. The molecule has 2 heterocycles. The van der Waals surface area contributed by atoms with Gasteiger partial charge in [0.2, 0.25) is 0 Å². The Morgan fingerprint density at radius 2 is 1.59 bits per heavy atom. The van der Waals surface area contributed by atoms with Crippen molar-refractivity contribution >= 4 is 22.5 Å². The Hall–Kier alpha value is -4.32. The van der Waals surface area contributed by atoms with Gasteiger partial charge >= 0.3 is 0 Å². The van der Waals surface area contributed by atoms with E-state index in [1.165, 1.54) is 17.7 Å². The molecule has 0 saturated carbocycles. The topological polar surface area (TPSA) is 59.8 Å². The number of hydrogen-bond donors (Lipinski definition) is 1. The van der Waals surface area contributed by atoms with Crippen LogP contribution in [0.15, 0.2) is 79.0 Å². The van der Waals surface area contributed by atoms with Gasteiger partial charge in [-0.05, 0) is 75.4 Å². The number of benzene rings is 3. The first kappa shape index (κ1) is 21.5. The number of fused-ring (bicyclic) bond motifs is 1. The zero-order valence-electron chi connectivity index (χ0n) is 19.1. The third-order valence-electron chi connectivity index (χ3n) is 5.88. The van der Waals surface area contributed by atoms with E-state index in [-0.39, 0.29) is 11.7 Å². The molecule has 0 aliphatic heterocycles. The van der Waals surface area contributed by atoms with Crippen molar-refractivity contribution in [1.82, 2.24) is 14.8 Å². The maximum absolute atomic E-state index is 13.3. The lowest BCUT2D eigenvalue weighted by atomic mass is 10.0. The molecular weight excluding hydrogens is 427 g/mol. The number of nitrogens with one attached hydrogen (secondary N) is 1. The van der Waals surface area contributed by atoms with E-state index in [1.54, 1.807) is 24.4 Å². The van der Waals surface area contributed by atoms with E-state index in [0.29, 0.717) is 16.9 Å². The van der Waals surface area contributed by atoms with E-state index in [1.807, 2.05) is 67.9 Å². The maximum Gasteiger partial charge on any atom is 0.256 e. The summed E-state index contributed by atoms with van der Waals surface area (Å²) in [4.78, 5) is 18.1. The molecule has 34 heavy (non-hydrogen) atoms. The summed E-state index contributed by atoms with van der Waals surface area (Å²) in [5, 5.41) is 8.21. The Labute approximate surface area is 196 Å². The monoisotopic (exact) mass is 450 g/mol. The summed E-state index contributed by atoms with van der Waals surface area (Å²) < 4.78 is 15.2. The summed E-state index contributed by atoms with van der Waals surface area (Å²) in [6.07, 6.45) is 1.78.